The Labute approximate surface area is 153 Å². The minimum absolute atomic E-state index is 0.160. The zero-order valence-electron chi connectivity index (χ0n) is 14.8. The van der Waals surface area contributed by atoms with E-state index < -0.39 is 18.0 Å². The molecule has 27 heavy (non-hydrogen) atoms. The lowest BCUT2D eigenvalue weighted by Gasteiger charge is -2.17. The molecule has 0 saturated carbocycles. The molecule has 0 radical (unpaired) electrons. The van der Waals surface area contributed by atoms with Crippen molar-refractivity contribution in [2.75, 3.05) is 11.4 Å². The average molecular weight is 374 g/mol. The highest BCUT2D eigenvalue weighted by Crippen LogP contribution is 2.34. The van der Waals surface area contributed by atoms with Crippen LogP contribution in [0.3, 0.4) is 0 Å². The molecule has 2 aromatic heterocycles. The number of halogens is 3. The smallest absolute Gasteiger partial charge is 0.318 e. The molecule has 0 unspecified atom stereocenters. The first kappa shape index (κ1) is 17.5. The number of benzene rings is 1. The topological polar surface area (TPSA) is 51.0 Å². The minimum Gasteiger partial charge on any atom is -0.318 e. The number of carbonyl (C=O) groups excluding carboxylic acids is 1. The third-order valence-electron chi connectivity index (χ3n) is 4.73. The van der Waals surface area contributed by atoms with E-state index >= 15 is 0 Å². The Morgan fingerprint density at radius 2 is 2.00 bits per heavy atom. The predicted octanol–water partition coefficient (Wildman–Crippen LogP) is 4.23. The van der Waals surface area contributed by atoms with Gasteiger partial charge >= 0.3 is 6.18 Å². The summed E-state index contributed by atoms with van der Waals surface area (Å²) in [5, 5.41) is 0. The average Bonchev–Trinajstić information content (AvgIpc) is 3.21. The quantitative estimate of drug-likeness (QED) is 0.674. The Bertz CT molecular complexity index is 1040. The highest BCUT2D eigenvalue weighted by atomic mass is 19.4. The maximum atomic E-state index is 13.4. The van der Waals surface area contributed by atoms with Crippen molar-refractivity contribution in [1.82, 2.24) is 14.5 Å². The van der Waals surface area contributed by atoms with Crippen molar-refractivity contribution in [3.8, 4) is 0 Å². The van der Waals surface area contributed by atoms with Crippen molar-refractivity contribution >= 4 is 22.6 Å². The molecule has 0 N–H and O–H groups in total. The first-order valence-corrected chi connectivity index (χ1v) is 8.61. The fourth-order valence-corrected chi connectivity index (χ4v) is 3.54. The molecule has 3 heterocycles. The molecule has 0 atom stereocenters. The van der Waals surface area contributed by atoms with Gasteiger partial charge in [-0.15, -0.1) is 0 Å². The molecule has 4 rings (SSSR count). The summed E-state index contributed by atoms with van der Waals surface area (Å²) < 4.78 is 41.2. The van der Waals surface area contributed by atoms with Crippen molar-refractivity contribution in [2.24, 2.45) is 0 Å². The number of rotatable bonds is 2. The van der Waals surface area contributed by atoms with Crippen molar-refractivity contribution in [1.29, 1.82) is 0 Å². The maximum Gasteiger partial charge on any atom is 0.449 e. The van der Waals surface area contributed by atoms with E-state index in [-0.39, 0.29) is 11.4 Å². The summed E-state index contributed by atoms with van der Waals surface area (Å²) in [4.78, 5) is 22.4. The SMILES string of the molecule is CC(C)n1c(C(F)(F)F)nc2cc(C(=O)N3CCc4ccncc43)ccc21. The second-order valence-corrected chi connectivity index (χ2v) is 6.81. The highest BCUT2D eigenvalue weighted by Gasteiger charge is 2.38. The number of amides is 1. The fraction of sp³-hybridized carbons (Fsp3) is 0.316. The molecule has 0 aliphatic carbocycles. The number of alkyl halides is 3. The molecule has 1 aliphatic rings. The van der Waals surface area contributed by atoms with Gasteiger partial charge in [-0.25, -0.2) is 4.98 Å². The molecule has 0 saturated heterocycles. The zero-order valence-corrected chi connectivity index (χ0v) is 14.8. The van der Waals surface area contributed by atoms with Crippen LogP contribution in [-0.4, -0.2) is 27.0 Å². The Balaban J connectivity index is 1.77. The van der Waals surface area contributed by atoms with Gasteiger partial charge in [-0.1, -0.05) is 0 Å². The molecule has 3 aromatic rings. The number of fused-ring (bicyclic) bond motifs is 2. The predicted molar refractivity (Wildman–Crippen MR) is 94.7 cm³/mol. The van der Waals surface area contributed by atoms with Crippen molar-refractivity contribution < 1.29 is 18.0 Å². The van der Waals surface area contributed by atoms with E-state index in [0.717, 1.165) is 22.2 Å². The van der Waals surface area contributed by atoms with Gasteiger partial charge in [0, 0.05) is 24.3 Å². The summed E-state index contributed by atoms with van der Waals surface area (Å²) in [6.07, 6.45) is -0.525. The van der Waals surface area contributed by atoms with Crippen LogP contribution >= 0.6 is 0 Å². The van der Waals surface area contributed by atoms with Crippen LogP contribution < -0.4 is 4.90 Å². The Hall–Kier alpha value is -2.90. The van der Waals surface area contributed by atoms with E-state index in [4.69, 9.17) is 0 Å². The van der Waals surface area contributed by atoms with Crippen LogP contribution in [-0.2, 0) is 12.6 Å². The number of pyridine rings is 1. The molecule has 1 aromatic carbocycles. The number of carbonyl (C=O) groups is 1. The van der Waals surface area contributed by atoms with Crippen LogP contribution in [0.1, 0.15) is 41.6 Å². The Morgan fingerprint density at radius 3 is 2.70 bits per heavy atom. The largest absolute Gasteiger partial charge is 0.449 e. The van der Waals surface area contributed by atoms with Gasteiger partial charge in [-0.05, 0) is 50.1 Å². The van der Waals surface area contributed by atoms with Crippen LogP contribution in [0, 0.1) is 0 Å². The Morgan fingerprint density at radius 1 is 1.22 bits per heavy atom. The summed E-state index contributed by atoms with van der Waals surface area (Å²) in [5.41, 5.74) is 2.60. The number of imidazole rings is 1. The minimum atomic E-state index is -4.56. The number of hydrogen-bond acceptors (Lipinski definition) is 3. The van der Waals surface area contributed by atoms with Gasteiger partial charge in [0.15, 0.2) is 0 Å². The molecular weight excluding hydrogens is 357 g/mol. The van der Waals surface area contributed by atoms with E-state index in [0.29, 0.717) is 17.6 Å². The van der Waals surface area contributed by atoms with E-state index in [1.54, 1.807) is 37.2 Å². The lowest BCUT2D eigenvalue weighted by Crippen LogP contribution is -2.28. The second kappa shape index (κ2) is 6.07. The summed E-state index contributed by atoms with van der Waals surface area (Å²) in [7, 11) is 0. The summed E-state index contributed by atoms with van der Waals surface area (Å²) in [5.74, 6) is -1.22. The van der Waals surface area contributed by atoms with Gasteiger partial charge in [0.05, 0.1) is 22.9 Å². The van der Waals surface area contributed by atoms with E-state index in [2.05, 4.69) is 9.97 Å². The van der Waals surface area contributed by atoms with Crippen molar-refractivity contribution in [3.05, 3.63) is 53.6 Å². The van der Waals surface area contributed by atoms with Gasteiger partial charge in [-0.3, -0.25) is 9.78 Å². The number of hydrogen-bond donors (Lipinski definition) is 0. The first-order valence-electron chi connectivity index (χ1n) is 8.61. The normalized spacial score (nSPS) is 14.2. The van der Waals surface area contributed by atoms with Gasteiger partial charge < -0.3 is 9.47 Å². The molecule has 1 aliphatic heterocycles. The summed E-state index contributed by atoms with van der Waals surface area (Å²) in [6.45, 7) is 3.86. The van der Waals surface area contributed by atoms with Crippen molar-refractivity contribution in [3.63, 3.8) is 0 Å². The van der Waals surface area contributed by atoms with Gasteiger partial charge in [0.2, 0.25) is 5.82 Å². The second-order valence-electron chi connectivity index (χ2n) is 6.81. The summed E-state index contributed by atoms with van der Waals surface area (Å²) in [6, 6.07) is 5.97. The third-order valence-corrected chi connectivity index (χ3v) is 4.73. The van der Waals surface area contributed by atoms with Crippen LogP contribution in [0.15, 0.2) is 36.7 Å². The maximum absolute atomic E-state index is 13.4. The molecule has 1 amide bonds. The van der Waals surface area contributed by atoms with Gasteiger partial charge in [0.25, 0.3) is 5.91 Å². The lowest BCUT2D eigenvalue weighted by atomic mass is 10.1. The number of nitrogens with zero attached hydrogens (tertiary/aromatic N) is 4. The molecule has 0 spiro atoms. The number of aromatic nitrogens is 3. The van der Waals surface area contributed by atoms with Crippen LogP contribution in [0.4, 0.5) is 18.9 Å². The molecule has 0 bridgehead atoms. The standard InChI is InChI=1S/C19H17F3N4O/c1-11(2)26-15-4-3-13(9-14(15)24-18(26)19(20,21)22)17(27)25-8-6-12-5-7-23-10-16(12)25/h3-5,7,9-11H,6,8H2,1-2H3. The van der Waals surface area contributed by atoms with Gasteiger partial charge in [-0.2, -0.15) is 13.2 Å². The monoisotopic (exact) mass is 374 g/mol. The van der Waals surface area contributed by atoms with Crippen LogP contribution in [0.25, 0.3) is 11.0 Å². The van der Waals surface area contributed by atoms with E-state index in [1.807, 2.05) is 6.07 Å². The molecule has 140 valence electrons. The molecule has 5 nitrogen and oxygen atoms in total. The van der Waals surface area contributed by atoms with Crippen LogP contribution in [0.2, 0.25) is 0 Å². The van der Waals surface area contributed by atoms with Crippen molar-refractivity contribution in [2.45, 2.75) is 32.5 Å². The first-order chi connectivity index (χ1) is 12.8. The lowest BCUT2D eigenvalue weighted by molar-refractivity contribution is -0.147. The number of anilines is 1. The fourth-order valence-electron chi connectivity index (χ4n) is 3.54. The highest BCUT2D eigenvalue weighted by molar-refractivity contribution is 6.08. The zero-order chi connectivity index (χ0) is 19.3. The Kier molecular flexibility index (Phi) is 3.94. The summed E-state index contributed by atoms with van der Waals surface area (Å²) >= 11 is 0. The van der Waals surface area contributed by atoms with E-state index in [9.17, 15) is 18.0 Å². The van der Waals surface area contributed by atoms with Crippen LogP contribution in [0.5, 0.6) is 0 Å². The third kappa shape index (κ3) is 2.85. The molecule has 8 heteroatoms. The molecule has 0 fully saturated rings. The van der Waals surface area contributed by atoms with Gasteiger partial charge in [0.1, 0.15) is 0 Å². The molecular formula is C19H17F3N4O. The van der Waals surface area contributed by atoms with E-state index in [1.165, 1.54) is 12.1 Å².